The lowest BCUT2D eigenvalue weighted by atomic mass is 9.82. The van der Waals surface area contributed by atoms with E-state index in [1.54, 1.807) is 0 Å². The van der Waals surface area contributed by atoms with Gasteiger partial charge in [-0.2, -0.15) is 0 Å². The lowest BCUT2D eigenvalue weighted by molar-refractivity contribution is -0.314. The third-order valence-corrected chi connectivity index (χ3v) is 5.12. The minimum atomic E-state index is -0.936. The van der Waals surface area contributed by atoms with E-state index in [4.69, 9.17) is 11.6 Å². The van der Waals surface area contributed by atoms with E-state index in [2.05, 4.69) is 9.88 Å². The maximum Gasteiger partial charge on any atom is 0.0582 e. The van der Waals surface area contributed by atoms with Crippen molar-refractivity contribution in [1.29, 1.82) is 0 Å². The molecule has 21 heavy (non-hydrogen) atoms. The Hall–Kier alpha value is -1.52. The molecule has 2 aliphatic rings. The van der Waals surface area contributed by atoms with Crippen molar-refractivity contribution in [1.82, 2.24) is 9.88 Å². The molecule has 1 N–H and O–H groups in total. The predicted molar refractivity (Wildman–Crippen MR) is 79.1 cm³/mol. The van der Waals surface area contributed by atoms with Crippen LogP contribution in [0.4, 0.5) is 0 Å². The van der Waals surface area contributed by atoms with Crippen LogP contribution in [0.15, 0.2) is 18.2 Å². The van der Waals surface area contributed by atoms with E-state index in [0.29, 0.717) is 11.4 Å². The van der Waals surface area contributed by atoms with Crippen LogP contribution in [0.3, 0.4) is 0 Å². The molecule has 0 saturated carbocycles. The molecule has 0 spiro atoms. The zero-order valence-corrected chi connectivity index (χ0v) is 12.3. The van der Waals surface area contributed by atoms with Gasteiger partial charge < -0.3 is 14.9 Å². The molecule has 2 aliphatic heterocycles. The van der Waals surface area contributed by atoms with Gasteiger partial charge in [0.05, 0.1) is 6.04 Å². The Kier molecular flexibility index (Phi) is 2.98. The van der Waals surface area contributed by atoms with Gasteiger partial charge in [-0.1, -0.05) is 11.6 Å². The van der Waals surface area contributed by atoms with Crippen molar-refractivity contribution >= 4 is 28.5 Å². The van der Waals surface area contributed by atoms with Crippen LogP contribution in [0.2, 0.25) is 5.02 Å². The first kappa shape index (κ1) is 13.2. The first-order valence-electron chi connectivity index (χ1n) is 7.40. The number of H-pyrrole nitrogens is 1. The Balaban J connectivity index is 1.89. The summed E-state index contributed by atoms with van der Waals surface area (Å²) < 4.78 is 0. The molecule has 0 aliphatic carbocycles. The van der Waals surface area contributed by atoms with Gasteiger partial charge in [-0.15, -0.1) is 0 Å². The highest BCUT2D eigenvalue weighted by Gasteiger charge is 2.38. The monoisotopic (exact) mass is 303 g/mol. The molecule has 0 bridgehead atoms. The summed E-state index contributed by atoms with van der Waals surface area (Å²) in [5.41, 5.74) is 3.31. The molecule has 0 radical (unpaired) electrons. The van der Waals surface area contributed by atoms with Crippen molar-refractivity contribution in [2.45, 2.75) is 25.3 Å². The molecule has 110 valence electrons. The number of carboxylic acid groups (broad SMARTS) is 1. The van der Waals surface area contributed by atoms with Crippen LogP contribution in [-0.4, -0.2) is 28.9 Å². The summed E-state index contributed by atoms with van der Waals surface area (Å²) in [6.07, 6.45) is 2.56. The molecule has 5 heteroatoms. The van der Waals surface area contributed by atoms with E-state index in [1.807, 2.05) is 18.2 Å². The number of fused-ring (bicyclic) bond motifs is 5. The van der Waals surface area contributed by atoms with E-state index >= 15 is 0 Å². The lowest BCUT2D eigenvalue weighted by Crippen LogP contribution is -2.48. The highest BCUT2D eigenvalue weighted by molar-refractivity contribution is 6.31. The molecule has 3 heterocycles. The SMILES string of the molecule is O=C([O-])C1CCCN2CCc3c([nH]c4ccc(Cl)cc34)C12. The second-order valence-electron chi connectivity index (χ2n) is 6.01. The Labute approximate surface area is 127 Å². The average Bonchev–Trinajstić information content (AvgIpc) is 2.84. The van der Waals surface area contributed by atoms with Crippen LogP contribution in [0.5, 0.6) is 0 Å². The zero-order chi connectivity index (χ0) is 14.6. The fourth-order valence-electron chi connectivity index (χ4n) is 3.97. The summed E-state index contributed by atoms with van der Waals surface area (Å²) in [5, 5.41) is 13.4. The molecule has 1 fully saturated rings. The number of rotatable bonds is 1. The number of aromatic nitrogens is 1. The Morgan fingerprint density at radius 3 is 3.05 bits per heavy atom. The highest BCUT2D eigenvalue weighted by atomic mass is 35.5. The van der Waals surface area contributed by atoms with Crippen LogP contribution < -0.4 is 5.11 Å². The summed E-state index contributed by atoms with van der Waals surface area (Å²) in [5.74, 6) is -1.37. The van der Waals surface area contributed by atoms with Crippen LogP contribution in [0.1, 0.15) is 30.1 Å². The largest absolute Gasteiger partial charge is 0.550 e. The number of carbonyl (C=O) groups is 1. The number of piperidine rings is 1. The minimum absolute atomic E-state index is 0.0846. The van der Waals surface area contributed by atoms with Crippen LogP contribution >= 0.6 is 11.6 Å². The summed E-state index contributed by atoms with van der Waals surface area (Å²) in [4.78, 5) is 17.2. The van der Waals surface area contributed by atoms with Crippen molar-refractivity contribution in [3.05, 3.63) is 34.5 Å². The molecule has 1 saturated heterocycles. The van der Waals surface area contributed by atoms with Gasteiger partial charge in [-0.3, -0.25) is 4.90 Å². The van der Waals surface area contributed by atoms with Crippen LogP contribution in [0.25, 0.3) is 10.9 Å². The van der Waals surface area contributed by atoms with Crippen LogP contribution in [0, 0.1) is 5.92 Å². The summed E-state index contributed by atoms with van der Waals surface area (Å²) in [7, 11) is 0. The van der Waals surface area contributed by atoms with Gasteiger partial charge in [0.1, 0.15) is 0 Å². The number of nitrogens with one attached hydrogen (secondary N) is 1. The predicted octanol–water partition coefficient (Wildman–Crippen LogP) is 1.88. The number of aromatic amines is 1. The summed E-state index contributed by atoms with van der Waals surface area (Å²) in [6.45, 7) is 1.87. The molecule has 4 nitrogen and oxygen atoms in total. The number of benzene rings is 1. The fraction of sp³-hybridized carbons (Fsp3) is 0.438. The van der Waals surface area contributed by atoms with E-state index in [-0.39, 0.29) is 6.04 Å². The van der Waals surface area contributed by atoms with Gasteiger partial charge >= 0.3 is 0 Å². The Morgan fingerprint density at radius 2 is 2.24 bits per heavy atom. The molecule has 4 rings (SSSR count). The van der Waals surface area contributed by atoms with Gasteiger partial charge in [0.15, 0.2) is 0 Å². The third-order valence-electron chi connectivity index (χ3n) is 4.88. The third kappa shape index (κ3) is 1.97. The number of carboxylic acids is 1. The zero-order valence-electron chi connectivity index (χ0n) is 11.6. The van der Waals surface area contributed by atoms with E-state index in [1.165, 1.54) is 5.56 Å². The second kappa shape index (κ2) is 4.75. The Morgan fingerprint density at radius 1 is 1.38 bits per heavy atom. The number of carbonyl (C=O) groups excluding carboxylic acids is 1. The molecular formula is C16H16ClN2O2-. The molecule has 2 unspecified atom stereocenters. The number of hydrogen-bond donors (Lipinski definition) is 1. The van der Waals surface area contributed by atoms with Crippen molar-refractivity contribution in [2.75, 3.05) is 13.1 Å². The molecule has 1 aromatic carbocycles. The van der Waals surface area contributed by atoms with Gasteiger partial charge in [0.25, 0.3) is 0 Å². The standard InChI is InChI=1S/C16H17ClN2O2/c17-9-3-4-13-12(8-9)10-5-7-19-6-1-2-11(16(20)21)15(19)14(10)18-13/h3-4,8,11,15,18H,1-2,5-7H2,(H,20,21)/p-1. The molecule has 2 aromatic rings. The van der Waals surface area contributed by atoms with E-state index in [9.17, 15) is 9.90 Å². The minimum Gasteiger partial charge on any atom is -0.550 e. The maximum atomic E-state index is 11.5. The topological polar surface area (TPSA) is 59.2 Å². The van der Waals surface area contributed by atoms with Gasteiger partial charge in [0.2, 0.25) is 0 Å². The van der Waals surface area contributed by atoms with Crippen molar-refractivity contribution in [2.24, 2.45) is 5.92 Å². The van der Waals surface area contributed by atoms with Crippen molar-refractivity contribution in [3.63, 3.8) is 0 Å². The summed E-state index contributed by atoms with van der Waals surface area (Å²) >= 11 is 6.11. The molecule has 1 aromatic heterocycles. The van der Waals surface area contributed by atoms with Crippen LogP contribution in [-0.2, 0) is 11.2 Å². The number of aliphatic carboxylic acids is 1. The van der Waals surface area contributed by atoms with Gasteiger partial charge in [0, 0.05) is 40.1 Å². The van der Waals surface area contributed by atoms with E-state index < -0.39 is 11.9 Å². The fourth-order valence-corrected chi connectivity index (χ4v) is 4.14. The van der Waals surface area contributed by atoms with Crippen molar-refractivity contribution < 1.29 is 9.90 Å². The summed E-state index contributed by atoms with van der Waals surface area (Å²) in [6, 6.07) is 5.72. The quantitative estimate of drug-likeness (QED) is 0.875. The smallest absolute Gasteiger partial charge is 0.0582 e. The lowest BCUT2D eigenvalue weighted by Gasteiger charge is -2.44. The molecular weight excluding hydrogens is 288 g/mol. The number of hydrogen-bond acceptors (Lipinski definition) is 3. The van der Waals surface area contributed by atoms with Crippen molar-refractivity contribution in [3.8, 4) is 0 Å². The molecule has 0 amide bonds. The van der Waals surface area contributed by atoms with Gasteiger partial charge in [-0.05, 0) is 49.6 Å². The number of halogens is 1. The average molecular weight is 304 g/mol. The highest BCUT2D eigenvalue weighted by Crippen LogP contribution is 2.42. The Bertz CT molecular complexity index is 724. The van der Waals surface area contributed by atoms with Gasteiger partial charge in [-0.25, -0.2) is 0 Å². The first-order chi connectivity index (χ1) is 10.1. The number of nitrogens with zero attached hydrogens (tertiary/aromatic N) is 1. The molecule has 2 atom stereocenters. The first-order valence-corrected chi connectivity index (χ1v) is 7.78. The normalized spacial score (nSPS) is 25.6. The maximum absolute atomic E-state index is 11.5. The van der Waals surface area contributed by atoms with E-state index in [0.717, 1.165) is 42.5 Å². The second-order valence-corrected chi connectivity index (χ2v) is 6.44.